The Morgan fingerprint density at radius 2 is 0.855 bits per heavy atom. The van der Waals surface area contributed by atoms with Crippen molar-refractivity contribution in [1.29, 1.82) is 0 Å². The summed E-state index contributed by atoms with van der Waals surface area (Å²) >= 11 is 1.87. The van der Waals surface area contributed by atoms with E-state index in [1.165, 1.54) is 42.4 Å². The van der Waals surface area contributed by atoms with Gasteiger partial charge in [-0.25, -0.2) is 0 Å². The normalized spacial score (nSPS) is 11.7. The molecule has 4 heteroatoms. The SMILES string of the molecule is c1ccc(-c2ccc(N(c3ccc(-c4cccc5c4sc4ccccc45)cc3)c3ccc4c5c(cccc35)-c3c(cccc3N(c3ccccc3)c3ccccc3)O4)cc2)cc1. The Morgan fingerprint density at radius 3 is 1.56 bits per heavy atom. The third kappa shape index (κ3) is 6.03. The second-order valence-electron chi connectivity index (χ2n) is 15.6. The number of rotatable bonds is 8. The van der Waals surface area contributed by atoms with Crippen molar-refractivity contribution in [3.05, 3.63) is 231 Å². The van der Waals surface area contributed by atoms with Crippen LogP contribution in [0.2, 0.25) is 0 Å². The number of hydrogen-bond acceptors (Lipinski definition) is 4. The predicted octanol–water partition coefficient (Wildman–Crippen LogP) is 17.3. The minimum atomic E-state index is 0.838. The zero-order valence-electron chi connectivity index (χ0n) is 33.7. The molecule has 3 nitrogen and oxygen atoms in total. The van der Waals surface area contributed by atoms with Crippen molar-refractivity contribution < 1.29 is 4.74 Å². The second kappa shape index (κ2) is 15.0. The number of anilines is 6. The Kier molecular flexibility index (Phi) is 8.68. The number of fused-ring (bicyclic) bond motifs is 5. The Labute approximate surface area is 364 Å². The summed E-state index contributed by atoms with van der Waals surface area (Å²) in [4.78, 5) is 4.72. The molecule has 62 heavy (non-hydrogen) atoms. The van der Waals surface area contributed by atoms with Gasteiger partial charge in [0.2, 0.25) is 0 Å². The predicted molar refractivity (Wildman–Crippen MR) is 263 cm³/mol. The summed E-state index contributed by atoms with van der Waals surface area (Å²) in [6, 6.07) is 82.6. The van der Waals surface area contributed by atoms with E-state index < -0.39 is 0 Å². The molecule has 11 aromatic rings. The van der Waals surface area contributed by atoms with Gasteiger partial charge in [-0.3, -0.25) is 0 Å². The van der Waals surface area contributed by atoms with Crippen LogP contribution in [0.5, 0.6) is 11.5 Å². The van der Waals surface area contributed by atoms with Gasteiger partial charge in [0, 0.05) is 59.3 Å². The van der Waals surface area contributed by atoms with Crippen LogP contribution in [-0.2, 0) is 0 Å². The van der Waals surface area contributed by atoms with Crippen molar-refractivity contribution in [2.45, 2.75) is 0 Å². The van der Waals surface area contributed by atoms with Crippen LogP contribution in [0.25, 0.3) is 64.3 Å². The summed E-state index contributed by atoms with van der Waals surface area (Å²) in [6.45, 7) is 0. The minimum Gasteiger partial charge on any atom is -0.456 e. The van der Waals surface area contributed by atoms with E-state index in [0.29, 0.717) is 0 Å². The standard InChI is InChI=1S/C58H38N2OS/c1-4-15-39(16-5-1)40-29-33-44(34-30-40)59(45-35-31-41(32-36-45)46-22-12-23-48-47-21-10-11-28-55(47)62-58(46)48)51-37-38-54-56-49(51)24-13-25-50(56)57-52(26-14-27-53(57)61-54)60(42-17-6-2-7-18-42)43-19-8-3-9-20-43/h1-38H. The van der Waals surface area contributed by atoms with Gasteiger partial charge in [-0.15, -0.1) is 11.3 Å². The maximum Gasteiger partial charge on any atom is 0.137 e. The molecule has 1 aliphatic rings. The third-order valence-corrected chi connectivity index (χ3v) is 13.3. The van der Waals surface area contributed by atoms with Crippen LogP contribution in [0.1, 0.15) is 0 Å². The molecular weight excluding hydrogens is 773 g/mol. The van der Waals surface area contributed by atoms with E-state index in [0.717, 1.165) is 67.5 Å². The van der Waals surface area contributed by atoms with Crippen molar-refractivity contribution >= 4 is 76.4 Å². The molecule has 0 aliphatic carbocycles. The minimum absolute atomic E-state index is 0.838. The van der Waals surface area contributed by atoms with E-state index in [-0.39, 0.29) is 0 Å². The number of para-hydroxylation sites is 2. The van der Waals surface area contributed by atoms with Crippen LogP contribution >= 0.6 is 11.3 Å². The zero-order chi connectivity index (χ0) is 41.0. The summed E-state index contributed by atoms with van der Waals surface area (Å²) in [5.74, 6) is 1.69. The molecule has 0 N–H and O–H groups in total. The van der Waals surface area contributed by atoms with Crippen LogP contribution in [-0.4, -0.2) is 0 Å². The van der Waals surface area contributed by atoms with Crippen molar-refractivity contribution in [2.75, 3.05) is 9.80 Å². The zero-order valence-corrected chi connectivity index (χ0v) is 34.5. The van der Waals surface area contributed by atoms with Crippen molar-refractivity contribution in [2.24, 2.45) is 0 Å². The molecule has 0 amide bonds. The summed E-state index contributed by atoms with van der Waals surface area (Å²) < 4.78 is 9.53. The van der Waals surface area contributed by atoms with Gasteiger partial charge in [0.1, 0.15) is 11.5 Å². The van der Waals surface area contributed by atoms with Crippen molar-refractivity contribution in [3.8, 4) is 44.9 Å². The highest BCUT2D eigenvalue weighted by Gasteiger charge is 2.28. The first-order valence-corrected chi connectivity index (χ1v) is 21.8. The van der Waals surface area contributed by atoms with Gasteiger partial charge < -0.3 is 14.5 Å². The van der Waals surface area contributed by atoms with E-state index >= 15 is 0 Å². The maximum absolute atomic E-state index is 6.90. The Bertz CT molecular complexity index is 3380. The van der Waals surface area contributed by atoms with Gasteiger partial charge in [0.25, 0.3) is 0 Å². The van der Waals surface area contributed by atoms with Crippen molar-refractivity contribution in [3.63, 3.8) is 0 Å². The Balaban J connectivity index is 1.03. The molecule has 10 aromatic carbocycles. The molecule has 292 valence electrons. The second-order valence-corrected chi connectivity index (χ2v) is 16.7. The van der Waals surface area contributed by atoms with E-state index in [1.807, 2.05) is 11.3 Å². The first-order valence-electron chi connectivity index (χ1n) is 21.0. The lowest BCUT2D eigenvalue weighted by atomic mass is 9.91. The molecule has 0 saturated carbocycles. The summed E-state index contributed by atoms with van der Waals surface area (Å²) in [7, 11) is 0. The fraction of sp³-hybridized carbons (Fsp3) is 0. The fourth-order valence-electron chi connectivity index (χ4n) is 9.23. The van der Waals surface area contributed by atoms with E-state index in [4.69, 9.17) is 4.74 Å². The number of ether oxygens (including phenoxy) is 1. The molecule has 1 aromatic heterocycles. The van der Waals surface area contributed by atoms with Gasteiger partial charge in [-0.05, 0) is 107 Å². The lowest BCUT2D eigenvalue weighted by molar-refractivity contribution is 0.487. The highest BCUT2D eigenvalue weighted by atomic mass is 32.1. The molecule has 12 rings (SSSR count). The first-order chi connectivity index (χ1) is 30.8. The van der Waals surface area contributed by atoms with Crippen LogP contribution in [0.3, 0.4) is 0 Å². The maximum atomic E-state index is 6.90. The molecule has 0 atom stereocenters. The molecule has 0 spiro atoms. The molecule has 2 heterocycles. The number of thiophene rings is 1. The fourth-order valence-corrected chi connectivity index (χ4v) is 10.5. The van der Waals surface area contributed by atoms with E-state index in [2.05, 4.69) is 240 Å². The van der Waals surface area contributed by atoms with Crippen LogP contribution in [0.4, 0.5) is 34.1 Å². The van der Waals surface area contributed by atoms with Crippen LogP contribution in [0, 0.1) is 0 Å². The number of nitrogens with zero attached hydrogens (tertiary/aromatic N) is 2. The van der Waals surface area contributed by atoms with E-state index in [9.17, 15) is 0 Å². The molecule has 1 aliphatic heterocycles. The average Bonchev–Trinajstić information content (AvgIpc) is 3.73. The van der Waals surface area contributed by atoms with Crippen molar-refractivity contribution in [1.82, 2.24) is 0 Å². The lowest BCUT2D eigenvalue weighted by Gasteiger charge is -2.32. The largest absolute Gasteiger partial charge is 0.456 e. The number of benzene rings is 10. The summed E-state index contributed by atoms with van der Waals surface area (Å²) in [6.07, 6.45) is 0. The lowest BCUT2D eigenvalue weighted by Crippen LogP contribution is -2.13. The quantitative estimate of drug-likeness (QED) is 0.152. The molecule has 0 unspecified atom stereocenters. The smallest absolute Gasteiger partial charge is 0.137 e. The van der Waals surface area contributed by atoms with Crippen LogP contribution < -0.4 is 14.5 Å². The highest BCUT2D eigenvalue weighted by Crippen LogP contribution is 2.55. The molecule has 0 saturated heterocycles. The molecule has 0 bridgehead atoms. The third-order valence-electron chi connectivity index (χ3n) is 12.1. The first kappa shape index (κ1) is 36.0. The Hall–Kier alpha value is -7.92. The van der Waals surface area contributed by atoms with E-state index in [1.54, 1.807) is 0 Å². The summed E-state index contributed by atoms with van der Waals surface area (Å²) in [5, 5.41) is 4.81. The van der Waals surface area contributed by atoms with Gasteiger partial charge in [0.15, 0.2) is 0 Å². The topological polar surface area (TPSA) is 15.7 Å². The highest BCUT2D eigenvalue weighted by molar-refractivity contribution is 7.26. The molecular formula is C58H38N2OS. The summed E-state index contributed by atoms with van der Waals surface area (Å²) in [5.41, 5.74) is 13.5. The number of hydrogen-bond donors (Lipinski definition) is 0. The molecule has 0 fully saturated rings. The monoisotopic (exact) mass is 810 g/mol. The molecule has 0 radical (unpaired) electrons. The average molecular weight is 811 g/mol. The van der Waals surface area contributed by atoms with Crippen LogP contribution in [0.15, 0.2) is 231 Å². The van der Waals surface area contributed by atoms with Gasteiger partial charge in [-0.2, -0.15) is 0 Å². The Morgan fingerprint density at radius 1 is 0.323 bits per heavy atom. The van der Waals surface area contributed by atoms with Gasteiger partial charge in [-0.1, -0.05) is 152 Å². The van der Waals surface area contributed by atoms with Gasteiger partial charge >= 0.3 is 0 Å². The van der Waals surface area contributed by atoms with Gasteiger partial charge in [0.05, 0.1) is 11.4 Å².